The highest BCUT2D eigenvalue weighted by molar-refractivity contribution is 6.30. The first-order valence-corrected chi connectivity index (χ1v) is 7.63. The minimum atomic E-state index is 0.178. The van der Waals surface area contributed by atoms with Gasteiger partial charge in [-0.25, -0.2) is 4.98 Å². The fourth-order valence-corrected chi connectivity index (χ4v) is 2.42. The van der Waals surface area contributed by atoms with Crippen LogP contribution in [0, 0.1) is 0 Å². The molecule has 2 rings (SSSR count). The molecule has 0 aliphatic rings. The van der Waals surface area contributed by atoms with Crippen LogP contribution in [-0.4, -0.2) is 18.1 Å². The Morgan fingerprint density at radius 1 is 1.24 bits per heavy atom. The number of anilines is 1. The third-order valence-electron chi connectivity index (χ3n) is 3.57. The zero-order valence-electron chi connectivity index (χ0n) is 12.6. The molecular weight excluding hydrogens is 282 g/mol. The Balaban J connectivity index is 2.14. The Labute approximate surface area is 131 Å². The van der Waals surface area contributed by atoms with E-state index in [1.165, 1.54) is 11.1 Å². The fourth-order valence-electron chi connectivity index (χ4n) is 2.30. The molecule has 0 aliphatic carbocycles. The van der Waals surface area contributed by atoms with E-state index < -0.39 is 0 Å². The van der Waals surface area contributed by atoms with Crippen LogP contribution < -0.4 is 10.6 Å². The SMILES string of the molecule is CCC(N)Cc1cccnc1N(C)Cc1ccc(Cl)cc1. The molecule has 3 nitrogen and oxygen atoms in total. The van der Waals surface area contributed by atoms with Crippen molar-refractivity contribution in [2.75, 3.05) is 11.9 Å². The van der Waals surface area contributed by atoms with E-state index in [9.17, 15) is 0 Å². The molecule has 0 saturated heterocycles. The molecule has 0 radical (unpaired) electrons. The summed E-state index contributed by atoms with van der Waals surface area (Å²) in [5, 5.41) is 0.758. The maximum Gasteiger partial charge on any atom is 0.131 e. The standard InChI is InChI=1S/C17H22ClN3/c1-3-16(19)11-14-5-4-10-20-17(14)21(2)12-13-6-8-15(18)9-7-13/h4-10,16H,3,11-12,19H2,1-2H3. The lowest BCUT2D eigenvalue weighted by Gasteiger charge is -2.22. The van der Waals surface area contributed by atoms with Crippen molar-refractivity contribution in [3.63, 3.8) is 0 Å². The molecule has 2 aromatic rings. The lowest BCUT2D eigenvalue weighted by Crippen LogP contribution is -2.25. The molecule has 112 valence electrons. The summed E-state index contributed by atoms with van der Waals surface area (Å²) in [7, 11) is 2.05. The fraction of sp³-hybridized carbons (Fsp3) is 0.353. The van der Waals surface area contributed by atoms with Crippen molar-refractivity contribution in [3.8, 4) is 0 Å². The number of rotatable bonds is 6. The molecule has 0 fully saturated rings. The van der Waals surface area contributed by atoms with Gasteiger partial charge in [0.25, 0.3) is 0 Å². The number of nitrogens with zero attached hydrogens (tertiary/aromatic N) is 2. The van der Waals surface area contributed by atoms with Gasteiger partial charge in [-0.15, -0.1) is 0 Å². The van der Waals surface area contributed by atoms with Gasteiger partial charge < -0.3 is 10.6 Å². The zero-order valence-corrected chi connectivity index (χ0v) is 13.3. The summed E-state index contributed by atoms with van der Waals surface area (Å²) in [6.07, 6.45) is 3.65. The van der Waals surface area contributed by atoms with Crippen molar-refractivity contribution in [3.05, 3.63) is 58.7 Å². The first kappa shape index (κ1) is 15.8. The highest BCUT2D eigenvalue weighted by Crippen LogP contribution is 2.20. The predicted molar refractivity (Wildman–Crippen MR) is 89.8 cm³/mol. The maximum atomic E-state index is 6.08. The molecule has 2 N–H and O–H groups in total. The summed E-state index contributed by atoms with van der Waals surface area (Å²) in [5.74, 6) is 0.997. The van der Waals surface area contributed by atoms with Gasteiger partial charge in [0.2, 0.25) is 0 Å². The maximum absolute atomic E-state index is 6.08. The summed E-state index contributed by atoms with van der Waals surface area (Å²) in [5.41, 5.74) is 8.49. The molecule has 1 heterocycles. The molecule has 0 aliphatic heterocycles. The largest absolute Gasteiger partial charge is 0.355 e. The molecule has 0 spiro atoms. The molecule has 0 bridgehead atoms. The van der Waals surface area contributed by atoms with Gasteiger partial charge in [0, 0.05) is 30.9 Å². The summed E-state index contributed by atoms with van der Waals surface area (Å²) < 4.78 is 0. The Hall–Kier alpha value is -1.58. The van der Waals surface area contributed by atoms with Gasteiger partial charge in [-0.05, 0) is 42.2 Å². The van der Waals surface area contributed by atoms with Crippen molar-refractivity contribution in [1.29, 1.82) is 0 Å². The molecule has 1 aromatic heterocycles. The molecule has 1 atom stereocenters. The second kappa shape index (κ2) is 7.43. The van der Waals surface area contributed by atoms with E-state index in [0.29, 0.717) is 0 Å². The zero-order chi connectivity index (χ0) is 15.2. The smallest absolute Gasteiger partial charge is 0.131 e. The summed E-state index contributed by atoms with van der Waals surface area (Å²) in [6, 6.07) is 12.2. The second-order valence-electron chi connectivity index (χ2n) is 5.34. The lowest BCUT2D eigenvalue weighted by molar-refractivity contribution is 0.643. The highest BCUT2D eigenvalue weighted by Gasteiger charge is 2.11. The van der Waals surface area contributed by atoms with Crippen molar-refractivity contribution in [2.24, 2.45) is 5.73 Å². The van der Waals surface area contributed by atoms with Crippen molar-refractivity contribution >= 4 is 17.4 Å². The minimum Gasteiger partial charge on any atom is -0.355 e. The van der Waals surface area contributed by atoms with Crippen LogP contribution >= 0.6 is 11.6 Å². The highest BCUT2D eigenvalue weighted by atomic mass is 35.5. The van der Waals surface area contributed by atoms with Crippen LogP contribution in [0.5, 0.6) is 0 Å². The minimum absolute atomic E-state index is 0.178. The van der Waals surface area contributed by atoms with Crippen LogP contribution in [0.2, 0.25) is 5.02 Å². The number of halogens is 1. The van der Waals surface area contributed by atoms with E-state index >= 15 is 0 Å². The number of nitrogens with two attached hydrogens (primary N) is 1. The van der Waals surface area contributed by atoms with Gasteiger partial charge in [-0.2, -0.15) is 0 Å². The van der Waals surface area contributed by atoms with Crippen LogP contribution in [0.25, 0.3) is 0 Å². The van der Waals surface area contributed by atoms with Gasteiger partial charge in [-0.1, -0.05) is 36.7 Å². The van der Waals surface area contributed by atoms with E-state index in [1.807, 2.05) is 36.5 Å². The van der Waals surface area contributed by atoms with Crippen LogP contribution in [0.15, 0.2) is 42.6 Å². The second-order valence-corrected chi connectivity index (χ2v) is 5.78. The van der Waals surface area contributed by atoms with Crippen molar-refractivity contribution in [2.45, 2.75) is 32.4 Å². The van der Waals surface area contributed by atoms with Crippen LogP contribution in [0.1, 0.15) is 24.5 Å². The average molecular weight is 304 g/mol. The average Bonchev–Trinajstić information content (AvgIpc) is 2.50. The number of hydrogen-bond donors (Lipinski definition) is 1. The first-order chi connectivity index (χ1) is 10.1. The van der Waals surface area contributed by atoms with Gasteiger partial charge >= 0.3 is 0 Å². The molecule has 21 heavy (non-hydrogen) atoms. The summed E-state index contributed by atoms with van der Waals surface area (Å²) in [4.78, 5) is 6.68. The number of hydrogen-bond acceptors (Lipinski definition) is 3. The summed E-state index contributed by atoms with van der Waals surface area (Å²) in [6.45, 7) is 2.90. The van der Waals surface area contributed by atoms with Gasteiger partial charge in [-0.3, -0.25) is 0 Å². The van der Waals surface area contributed by atoms with E-state index in [0.717, 1.165) is 30.2 Å². The molecular formula is C17H22ClN3. The van der Waals surface area contributed by atoms with E-state index in [-0.39, 0.29) is 6.04 Å². The van der Waals surface area contributed by atoms with Crippen LogP contribution in [-0.2, 0) is 13.0 Å². The Bertz CT molecular complexity index is 569. The van der Waals surface area contributed by atoms with E-state index in [2.05, 4.69) is 29.9 Å². The molecule has 4 heteroatoms. The summed E-state index contributed by atoms with van der Waals surface area (Å²) >= 11 is 5.92. The lowest BCUT2D eigenvalue weighted by atomic mass is 10.0. The van der Waals surface area contributed by atoms with Crippen molar-refractivity contribution in [1.82, 2.24) is 4.98 Å². The normalized spacial score (nSPS) is 12.2. The number of benzene rings is 1. The molecule has 1 unspecified atom stereocenters. The first-order valence-electron chi connectivity index (χ1n) is 7.25. The number of aromatic nitrogens is 1. The van der Waals surface area contributed by atoms with E-state index in [1.54, 1.807) is 0 Å². The van der Waals surface area contributed by atoms with Crippen molar-refractivity contribution < 1.29 is 0 Å². The van der Waals surface area contributed by atoms with Crippen LogP contribution in [0.4, 0.5) is 5.82 Å². The third kappa shape index (κ3) is 4.45. The van der Waals surface area contributed by atoms with E-state index in [4.69, 9.17) is 17.3 Å². The molecule has 1 aromatic carbocycles. The van der Waals surface area contributed by atoms with Gasteiger partial charge in [0.05, 0.1) is 0 Å². The quantitative estimate of drug-likeness (QED) is 0.885. The van der Waals surface area contributed by atoms with Crippen LogP contribution in [0.3, 0.4) is 0 Å². The Kier molecular flexibility index (Phi) is 5.59. The third-order valence-corrected chi connectivity index (χ3v) is 3.82. The molecule has 0 amide bonds. The predicted octanol–water partition coefficient (Wildman–Crippen LogP) is 3.65. The molecule has 0 saturated carbocycles. The topological polar surface area (TPSA) is 42.1 Å². The monoisotopic (exact) mass is 303 g/mol. The van der Waals surface area contributed by atoms with Gasteiger partial charge in [0.15, 0.2) is 0 Å². The Morgan fingerprint density at radius 2 is 1.95 bits per heavy atom. The van der Waals surface area contributed by atoms with Gasteiger partial charge in [0.1, 0.15) is 5.82 Å². The number of pyridine rings is 1. The Morgan fingerprint density at radius 3 is 2.62 bits per heavy atom.